The lowest BCUT2D eigenvalue weighted by Crippen LogP contribution is -2.37. The van der Waals surface area contributed by atoms with Crippen molar-refractivity contribution in [3.05, 3.63) is 34.9 Å². The molecular weight excluding hydrogens is 314 g/mol. The van der Waals surface area contributed by atoms with Gasteiger partial charge in [0.05, 0.1) is 0 Å². The molecule has 2 heterocycles. The average molecular weight is 334 g/mol. The quantitative estimate of drug-likeness (QED) is 0.932. The van der Waals surface area contributed by atoms with Crippen LogP contribution < -0.4 is 10.2 Å². The van der Waals surface area contributed by atoms with Gasteiger partial charge in [-0.15, -0.1) is 0 Å². The zero-order valence-electron chi connectivity index (χ0n) is 11.8. The highest BCUT2D eigenvalue weighted by atomic mass is 79.9. The number of halogens is 1. The molecule has 1 aliphatic heterocycles. The molecule has 0 amide bonds. The molecule has 20 heavy (non-hydrogen) atoms. The molecule has 0 saturated carbocycles. The van der Waals surface area contributed by atoms with E-state index in [4.69, 9.17) is 0 Å². The minimum absolute atomic E-state index is 0.720. The van der Waals surface area contributed by atoms with E-state index in [0.29, 0.717) is 0 Å². The van der Waals surface area contributed by atoms with Crippen LogP contribution in [0.25, 0.3) is 10.8 Å². The predicted molar refractivity (Wildman–Crippen MR) is 88.3 cm³/mol. The van der Waals surface area contributed by atoms with Crippen molar-refractivity contribution in [1.29, 1.82) is 0 Å². The molecule has 0 bridgehead atoms. The first-order valence-corrected chi connectivity index (χ1v) is 8.00. The van der Waals surface area contributed by atoms with Crippen LogP contribution in [0.2, 0.25) is 0 Å². The maximum absolute atomic E-state index is 4.60. The number of pyridine rings is 1. The predicted octanol–water partition coefficient (Wildman–Crippen LogP) is 3.43. The van der Waals surface area contributed by atoms with Crippen molar-refractivity contribution in [1.82, 2.24) is 10.3 Å². The van der Waals surface area contributed by atoms with Crippen LogP contribution in [0.5, 0.6) is 0 Å². The third-order valence-corrected chi connectivity index (χ3v) is 4.72. The second kappa shape index (κ2) is 6.10. The van der Waals surface area contributed by atoms with Gasteiger partial charge in [0, 0.05) is 35.0 Å². The summed E-state index contributed by atoms with van der Waals surface area (Å²) >= 11 is 3.62. The highest BCUT2D eigenvalue weighted by molar-refractivity contribution is 9.10. The second-order valence-corrected chi connectivity index (χ2v) is 6.42. The normalized spacial score (nSPS) is 19.2. The minimum atomic E-state index is 0.720. The highest BCUT2D eigenvalue weighted by Crippen LogP contribution is 2.29. The van der Waals surface area contributed by atoms with Crippen LogP contribution in [0.15, 0.2) is 34.9 Å². The van der Waals surface area contributed by atoms with Gasteiger partial charge < -0.3 is 10.2 Å². The lowest BCUT2D eigenvalue weighted by Gasteiger charge is -2.28. The van der Waals surface area contributed by atoms with Gasteiger partial charge >= 0.3 is 0 Å². The Morgan fingerprint density at radius 2 is 2.25 bits per heavy atom. The fraction of sp³-hybridized carbons (Fsp3) is 0.438. The maximum Gasteiger partial charge on any atom is 0.136 e. The third-order valence-electron chi connectivity index (χ3n) is 4.02. The monoisotopic (exact) mass is 333 g/mol. The van der Waals surface area contributed by atoms with Crippen molar-refractivity contribution < 1.29 is 0 Å². The van der Waals surface area contributed by atoms with Crippen LogP contribution in [0.3, 0.4) is 0 Å². The van der Waals surface area contributed by atoms with E-state index in [1.165, 1.54) is 30.2 Å². The van der Waals surface area contributed by atoms with Gasteiger partial charge in [-0.25, -0.2) is 4.98 Å². The van der Waals surface area contributed by atoms with Crippen molar-refractivity contribution in [2.45, 2.75) is 12.8 Å². The molecule has 4 heteroatoms. The maximum atomic E-state index is 4.60. The molecule has 1 N–H and O–H groups in total. The molecule has 1 fully saturated rings. The van der Waals surface area contributed by atoms with Crippen LogP contribution in [0, 0.1) is 5.92 Å². The molecule has 1 aliphatic rings. The Kier molecular flexibility index (Phi) is 4.22. The zero-order chi connectivity index (χ0) is 13.9. The number of hydrogen-bond acceptors (Lipinski definition) is 3. The first kappa shape index (κ1) is 13.8. The summed E-state index contributed by atoms with van der Waals surface area (Å²) in [7, 11) is 2.15. The summed E-state index contributed by atoms with van der Waals surface area (Å²) in [5.74, 6) is 1.80. The Balaban J connectivity index is 1.87. The molecule has 2 aromatic rings. The molecule has 1 atom stereocenters. The Hall–Kier alpha value is -1.13. The number of nitrogens with one attached hydrogen (secondary N) is 1. The van der Waals surface area contributed by atoms with Gasteiger partial charge in [-0.2, -0.15) is 0 Å². The third kappa shape index (κ3) is 2.81. The Labute approximate surface area is 128 Å². The zero-order valence-corrected chi connectivity index (χ0v) is 13.4. The first-order chi connectivity index (χ1) is 9.75. The van der Waals surface area contributed by atoms with E-state index in [1.807, 2.05) is 6.20 Å². The Morgan fingerprint density at radius 3 is 3.05 bits per heavy atom. The molecule has 1 aromatic carbocycles. The lowest BCUT2D eigenvalue weighted by molar-refractivity contribution is 0.381. The summed E-state index contributed by atoms with van der Waals surface area (Å²) < 4.78 is 1.13. The SMILES string of the molecule is CN(CC1CCCNC1)c1nccc2c(Br)cccc12. The van der Waals surface area contributed by atoms with E-state index in [0.717, 1.165) is 29.3 Å². The van der Waals surface area contributed by atoms with Gasteiger partial charge in [0.2, 0.25) is 0 Å². The molecule has 1 aromatic heterocycles. The minimum Gasteiger partial charge on any atom is -0.359 e. The molecule has 1 saturated heterocycles. The molecule has 3 rings (SSSR count). The highest BCUT2D eigenvalue weighted by Gasteiger charge is 2.17. The molecule has 1 unspecified atom stereocenters. The fourth-order valence-corrected chi connectivity index (χ4v) is 3.51. The number of fused-ring (bicyclic) bond motifs is 1. The van der Waals surface area contributed by atoms with Gasteiger partial charge in [0.15, 0.2) is 0 Å². The second-order valence-electron chi connectivity index (χ2n) is 5.56. The van der Waals surface area contributed by atoms with Gasteiger partial charge in [-0.3, -0.25) is 0 Å². The van der Waals surface area contributed by atoms with Crippen LogP contribution in [0.4, 0.5) is 5.82 Å². The average Bonchev–Trinajstić information content (AvgIpc) is 2.48. The van der Waals surface area contributed by atoms with Crippen molar-refractivity contribution in [2.24, 2.45) is 5.92 Å². The van der Waals surface area contributed by atoms with Crippen LogP contribution in [-0.2, 0) is 0 Å². The summed E-state index contributed by atoms with van der Waals surface area (Å²) in [5, 5.41) is 5.93. The number of benzene rings is 1. The van der Waals surface area contributed by atoms with Gasteiger partial charge in [-0.05, 0) is 44.0 Å². The van der Waals surface area contributed by atoms with Gasteiger partial charge in [0.1, 0.15) is 5.82 Å². The number of nitrogens with zero attached hydrogens (tertiary/aromatic N) is 2. The van der Waals surface area contributed by atoms with E-state index in [-0.39, 0.29) is 0 Å². The van der Waals surface area contributed by atoms with Crippen molar-refractivity contribution >= 4 is 32.5 Å². The summed E-state index contributed by atoms with van der Waals surface area (Å²) in [4.78, 5) is 6.90. The molecule has 0 radical (unpaired) electrons. The molecular formula is C16H20BrN3. The number of aromatic nitrogens is 1. The molecule has 3 nitrogen and oxygen atoms in total. The smallest absolute Gasteiger partial charge is 0.136 e. The summed E-state index contributed by atoms with van der Waals surface area (Å²) in [6.07, 6.45) is 4.50. The summed E-state index contributed by atoms with van der Waals surface area (Å²) in [6, 6.07) is 8.38. The van der Waals surface area contributed by atoms with Crippen molar-refractivity contribution in [2.75, 3.05) is 31.6 Å². The standard InChI is InChI=1S/C16H20BrN3/c1-20(11-12-4-3-8-18-10-12)16-14-5-2-6-15(17)13(14)7-9-19-16/h2,5-7,9,12,18H,3-4,8,10-11H2,1H3. The van der Waals surface area contributed by atoms with E-state index >= 15 is 0 Å². The molecule has 0 spiro atoms. The Morgan fingerprint density at radius 1 is 1.35 bits per heavy atom. The van der Waals surface area contributed by atoms with Gasteiger partial charge in [-0.1, -0.05) is 28.1 Å². The number of rotatable bonds is 3. The molecule has 106 valence electrons. The van der Waals surface area contributed by atoms with E-state index in [1.54, 1.807) is 0 Å². The van der Waals surface area contributed by atoms with E-state index < -0.39 is 0 Å². The summed E-state index contributed by atoms with van der Waals surface area (Å²) in [5.41, 5.74) is 0. The van der Waals surface area contributed by atoms with Crippen LogP contribution in [0.1, 0.15) is 12.8 Å². The lowest BCUT2D eigenvalue weighted by atomic mass is 9.99. The largest absolute Gasteiger partial charge is 0.359 e. The van der Waals surface area contributed by atoms with Crippen molar-refractivity contribution in [3.8, 4) is 0 Å². The first-order valence-electron chi connectivity index (χ1n) is 7.21. The Bertz CT molecular complexity index is 593. The number of anilines is 1. The van der Waals surface area contributed by atoms with Gasteiger partial charge in [0.25, 0.3) is 0 Å². The number of hydrogen-bond donors (Lipinski definition) is 1. The van der Waals surface area contributed by atoms with E-state index in [9.17, 15) is 0 Å². The van der Waals surface area contributed by atoms with E-state index in [2.05, 4.69) is 62.4 Å². The van der Waals surface area contributed by atoms with Crippen LogP contribution in [-0.4, -0.2) is 31.7 Å². The summed E-state index contributed by atoms with van der Waals surface area (Å²) in [6.45, 7) is 3.35. The number of piperidine rings is 1. The van der Waals surface area contributed by atoms with Crippen LogP contribution >= 0.6 is 15.9 Å². The fourth-order valence-electron chi connectivity index (χ4n) is 3.01. The van der Waals surface area contributed by atoms with Crippen molar-refractivity contribution in [3.63, 3.8) is 0 Å². The molecule has 0 aliphatic carbocycles. The topological polar surface area (TPSA) is 28.2 Å².